The summed E-state index contributed by atoms with van der Waals surface area (Å²) in [5.41, 5.74) is 7.53. The first-order valence-electron chi connectivity index (χ1n) is 6.82. The Balaban J connectivity index is 2.01. The van der Waals surface area contributed by atoms with Gasteiger partial charge in [0.25, 0.3) is 0 Å². The lowest BCUT2D eigenvalue weighted by molar-refractivity contribution is -0.137. The van der Waals surface area contributed by atoms with Gasteiger partial charge in [-0.3, -0.25) is 0 Å². The summed E-state index contributed by atoms with van der Waals surface area (Å²) in [5.74, 6) is 0. The summed E-state index contributed by atoms with van der Waals surface area (Å²) in [7, 11) is 0. The van der Waals surface area contributed by atoms with E-state index in [1.807, 2.05) is 17.0 Å². The lowest BCUT2D eigenvalue weighted by atomic mass is 10.0. The second kappa shape index (κ2) is 5.48. The number of alkyl halides is 3. The lowest BCUT2D eigenvalue weighted by Crippen LogP contribution is -2.27. The zero-order valence-electron chi connectivity index (χ0n) is 11.6. The Bertz CT molecular complexity index is 700. The molecule has 0 aromatic heterocycles. The Morgan fingerprint density at radius 1 is 1.18 bits per heavy atom. The molecule has 0 spiro atoms. The van der Waals surface area contributed by atoms with Gasteiger partial charge in [0.1, 0.15) is 0 Å². The van der Waals surface area contributed by atoms with Crippen LogP contribution in [0.1, 0.15) is 22.7 Å². The minimum atomic E-state index is -4.35. The van der Waals surface area contributed by atoms with Gasteiger partial charge < -0.3 is 10.6 Å². The van der Waals surface area contributed by atoms with Crippen LogP contribution in [-0.2, 0) is 12.7 Å². The van der Waals surface area contributed by atoms with Crippen LogP contribution in [0.25, 0.3) is 0 Å². The number of hydrogen-bond donors (Lipinski definition) is 1. The van der Waals surface area contributed by atoms with Crippen molar-refractivity contribution < 1.29 is 13.2 Å². The quantitative estimate of drug-likeness (QED) is 0.887. The van der Waals surface area contributed by atoms with E-state index in [4.69, 9.17) is 17.3 Å². The third-order valence-electron chi connectivity index (χ3n) is 3.91. The Hall–Kier alpha value is -1.72. The van der Waals surface area contributed by atoms with Crippen LogP contribution in [0.2, 0.25) is 5.02 Å². The van der Waals surface area contributed by atoms with Crippen LogP contribution in [0.15, 0.2) is 42.5 Å². The summed E-state index contributed by atoms with van der Waals surface area (Å²) >= 11 is 6.00. The molecular formula is C16H14ClF3N2. The maximum Gasteiger partial charge on any atom is 0.416 e. The van der Waals surface area contributed by atoms with Crippen LogP contribution in [0, 0.1) is 0 Å². The van der Waals surface area contributed by atoms with Crippen molar-refractivity contribution in [3.05, 3.63) is 64.2 Å². The monoisotopic (exact) mass is 326 g/mol. The van der Waals surface area contributed by atoms with E-state index in [1.165, 1.54) is 12.1 Å². The van der Waals surface area contributed by atoms with E-state index >= 15 is 0 Å². The summed E-state index contributed by atoms with van der Waals surface area (Å²) < 4.78 is 38.7. The highest BCUT2D eigenvalue weighted by molar-refractivity contribution is 6.30. The maximum atomic E-state index is 12.9. The Kier molecular flexibility index (Phi) is 3.78. The molecule has 2 aromatic carbocycles. The van der Waals surface area contributed by atoms with Gasteiger partial charge in [-0.05, 0) is 41.5 Å². The molecule has 1 unspecified atom stereocenters. The SMILES string of the molecule is NCC1c2cc(C(F)(F)F)ccc2CN1c1cccc(Cl)c1. The van der Waals surface area contributed by atoms with Crippen LogP contribution >= 0.6 is 11.6 Å². The number of nitrogens with two attached hydrogens (primary N) is 1. The molecular weight excluding hydrogens is 313 g/mol. The molecule has 3 rings (SSSR count). The topological polar surface area (TPSA) is 29.3 Å². The second-order valence-corrected chi connectivity index (χ2v) is 5.71. The van der Waals surface area contributed by atoms with Crippen molar-refractivity contribution in [2.75, 3.05) is 11.4 Å². The Morgan fingerprint density at radius 2 is 1.95 bits per heavy atom. The van der Waals surface area contributed by atoms with Crippen molar-refractivity contribution in [2.24, 2.45) is 5.73 Å². The number of halogens is 4. The molecule has 0 amide bonds. The number of benzene rings is 2. The van der Waals surface area contributed by atoms with Gasteiger partial charge in [-0.25, -0.2) is 0 Å². The summed E-state index contributed by atoms with van der Waals surface area (Å²) in [4.78, 5) is 1.98. The maximum absolute atomic E-state index is 12.9. The first-order chi connectivity index (χ1) is 10.4. The van der Waals surface area contributed by atoms with Crippen molar-refractivity contribution in [1.29, 1.82) is 0 Å². The molecule has 6 heteroatoms. The number of fused-ring (bicyclic) bond motifs is 1. The van der Waals surface area contributed by atoms with Gasteiger partial charge in [-0.1, -0.05) is 23.7 Å². The number of anilines is 1. The van der Waals surface area contributed by atoms with Crippen LogP contribution in [-0.4, -0.2) is 6.54 Å². The van der Waals surface area contributed by atoms with Crippen molar-refractivity contribution in [3.8, 4) is 0 Å². The van der Waals surface area contributed by atoms with Gasteiger partial charge in [0.05, 0.1) is 11.6 Å². The van der Waals surface area contributed by atoms with Crippen LogP contribution in [0.3, 0.4) is 0 Å². The van der Waals surface area contributed by atoms with E-state index in [0.29, 0.717) is 17.1 Å². The molecule has 0 radical (unpaired) electrons. The molecule has 2 N–H and O–H groups in total. The smallest absolute Gasteiger partial charge is 0.359 e. The molecule has 116 valence electrons. The van der Waals surface area contributed by atoms with Gasteiger partial charge in [0, 0.05) is 23.8 Å². The van der Waals surface area contributed by atoms with E-state index in [0.717, 1.165) is 17.3 Å². The Morgan fingerprint density at radius 3 is 2.59 bits per heavy atom. The van der Waals surface area contributed by atoms with Gasteiger partial charge in [-0.2, -0.15) is 13.2 Å². The highest BCUT2D eigenvalue weighted by Crippen LogP contribution is 2.40. The van der Waals surface area contributed by atoms with Gasteiger partial charge in [-0.15, -0.1) is 0 Å². The first-order valence-corrected chi connectivity index (χ1v) is 7.20. The predicted octanol–water partition coefficient (Wildman–Crippen LogP) is 4.38. The molecule has 0 aliphatic carbocycles. The van der Waals surface area contributed by atoms with E-state index in [9.17, 15) is 13.2 Å². The van der Waals surface area contributed by atoms with Crippen molar-refractivity contribution in [3.63, 3.8) is 0 Å². The molecule has 0 bridgehead atoms. The fourth-order valence-corrected chi connectivity index (χ4v) is 3.05. The van der Waals surface area contributed by atoms with Gasteiger partial charge in [0.2, 0.25) is 0 Å². The van der Waals surface area contributed by atoms with E-state index in [1.54, 1.807) is 12.1 Å². The standard InChI is InChI=1S/C16H14ClF3N2/c17-12-2-1-3-13(7-12)22-9-10-4-5-11(16(18,19)20)6-14(10)15(22)8-21/h1-7,15H,8-9,21H2. The molecule has 0 saturated carbocycles. The lowest BCUT2D eigenvalue weighted by Gasteiger charge is -2.26. The molecule has 2 nitrogen and oxygen atoms in total. The summed E-state index contributed by atoms with van der Waals surface area (Å²) in [5, 5.41) is 0.584. The molecule has 1 aliphatic heterocycles. The van der Waals surface area contributed by atoms with Gasteiger partial charge >= 0.3 is 6.18 Å². The van der Waals surface area contributed by atoms with Crippen molar-refractivity contribution in [1.82, 2.24) is 0 Å². The second-order valence-electron chi connectivity index (χ2n) is 5.27. The van der Waals surface area contributed by atoms with Crippen LogP contribution in [0.4, 0.5) is 18.9 Å². The minimum absolute atomic E-state index is 0.237. The number of nitrogens with zero attached hydrogens (tertiary/aromatic N) is 1. The highest BCUT2D eigenvalue weighted by atomic mass is 35.5. The van der Waals surface area contributed by atoms with Crippen molar-refractivity contribution >= 4 is 17.3 Å². The molecule has 22 heavy (non-hydrogen) atoms. The molecule has 0 fully saturated rings. The van der Waals surface area contributed by atoms with Crippen LogP contribution in [0.5, 0.6) is 0 Å². The summed E-state index contributed by atoms with van der Waals surface area (Å²) in [6, 6.07) is 10.8. The fraction of sp³-hybridized carbons (Fsp3) is 0.250. The molecule has 1 atom stereocenters. The summed E-state index contributed by atoms with van der Waals surface area (Å²) in [6.07, 6.45) is -4.35. The molecule has 1 aliphatic rings. The number of hydrogen-bond acceptors (Lipinski definition) is 2. The summed E-state index contributed by atoms with van der Waals surface area (Å²) in [6.45, 7) is 0.760. The average Bonchev–Trinajstić information content (AvgIpc) is 2.83. The first kappa shape index (κ1) is 15.2. The zero-order chi connectivity index (χ0) is 15.9. The fourth-order valence-electron chi connectivity index (χ4n) is 2.87. The van der Waals surface area contributed by atoms with Crippen molar-refractivity contribution in [2.45, 2.75) is 18.8 Å². The zero-order valence-corrected chi connectivity index (χ0v) is 12.3. The average molecular weight is 327 g/mol. The predicted molar refractivity (Wildman–Crippen MR) is 80.9 cm³/mol. The number of rotatable bonds is 2. The molecule has 1 heterocycles. The van der Waals surface area contributed by atoms with Gasteiger partial charge in [0.15, 0.2) is 0 Å². The molecule has 0 saturated heterocycles. The van der Waals surface area contributed by atoms with E-state index in [2.05, 4.69) is 0 Å². The highest BCUT2D eigenvalue weighted by Gasteiger charge is 2.35. The van der Waals surface area contributed by atoms with E-state index < -0.39 is 11.7 Å². The third kappa shape index (κ3) is 2.66. The normalized spacial score (nSPS) is 17.7. The Labute approximate surface area is 131 Å². The van der Waals surface area contributed by atoms with E-state index in [-0.39, 0.29) is 12.6 Å². The largest absolute Gasteiger partial charge is 0.416 e. The van der Waals surface area contributed by atoms with Crippen LogP contribution < -0.4 is 10.6 Å². The molecule has 2 aromatic rings. The minimum Gasteiger partial charge on any atom is -0.359 e. The third-order valence-corrected chi connectivity index (χ3v) is 4.15.